The van der Waals surface area contributed by atoms with E-state index in [0.717, 1.165) is 33.8 Å². The molecule has 1 amide bonds. The molecule has 2 aromatic carbocycles. The Morgan fingerprint density at radius 2 is 1.76 bits per heavy atom. The summed E-state index contributed by atoms with van der Waals surface area (Å²) < 4.78 is 38.2. The number of aromatic nitrogens is 1. The number of hydrogen-bond acceptors (Lipinski definition) is 6. The van der Waals surface area contributed by atoms with Crippen molar-refractivity contribution in [2.75, 3.05) is 25.0 Å². The minimum atomic E-state index is -5.08. The normalized spacial score (nSPS) is 14.9. The fraction of sp³-hybridized carbons (Fsp3) is 0.320. The molecule has 0 bridgehead atoms. The van der Waals surface area contributed by atoms with Gasteiger partial charge in [0.05, 0.1) is 0 Å². The van der Waals surface area contributed by atoms with Gasteiger partial charge in [-0.2, -0.15) is 13.2 Å². The van der Waals surface area contributed by atoms with Crippen molar-refractivity contribution in [1.29, 1.82) is 0 Å². The highest BCUT2D eigenvalue weighted by Crippen LogP contribution is 2.22. The predicted octanol–water partition coefficient (Wildman–Crippen LogP) is 4.47. The van der Waals surface area contributed by atoms with E-state index in [1.807, 2.05) is 24.4 Å². The second-order valence-electron chi connectivity index (χ2n) is 8.27. The summed E-state index contributed by atoms with van der Waals surface area (Å²) in [5, 5.41) is 23.2. The number of aliphatic carboxylic acids is 1. The highest BCUT2D eigenvalue weighted by atomic mass is 79.9. The standard InChI is InChI=1S/C23H24BrN3O3.C2HF3O2/c24-18-2-5-21(6-3-18)30-15-22(28)23(29)27-11-8-19(9-12-27)26-20-4-1-17-14-25-10-7-16(17)13-20;3-2(4,5)1(6)7/h1-7,10,13-14,19,22,26,28H,8-9,11-12,15H2;(H,6,7)/t22-;/m1./s1. The van der Waals surface area contributed by atoms with E-state index in [1.54, 1.807) is 23.2 Å². The molecule has 1 aliphatic rings. The molecule has 0 unspecified atom stereocenters. The first kappa shape index (κ1) is 28.2. The lowest BCUT2D eigenvalue weighted by atomic mass is 10.0. The molecule has 0 saturated carbocycles. The number of hydrogen-bond donors (Lipinski definition) is 3. The minimum absolute atomic E-state index is 0.0510. The Kier molecular flexibility index (Phi) is 9.70. The number of pyridine rings is 1. The van der Waals surface area contributed by atoms with E-state index in [4.69, 9.17) is 14.6 Å². The van der Waals surface area contributed by atoms with Crippen LogP contribution in [0.2, 0.25) is 0 Å². The number of nitrogens with zero attached hydrogens (tertiary/aromatic N) is 2. The summed E-state index contributed by atoms with van der Waals surface area (Å²) in [7, 11) is 0. The zero-order valence-corrected chi connectivity index (χ0v) is 21.1. The van der Waals surface area contributed by atoms with E-state index in [9.17, 15) is 23.1 Å². The van der Waals surface area contributed by atoms with Gasteiger partial charge in [0.15, 0.2) is 6.10 Å². The molecule has 1 aliphatic heterocycles. The van der Waals surface area contributed by atoms with Crippen molar-refractivity contribution < 1.29 is 37.7 Å². The molecule has 2 heterocycles. The second kappa shape index (κ2) is 12.7. The molecule has 1 aromatic heterocycles. The molecule has 0 radical (unpaired) electrons. The number of anilines is 1. The van der Waals surface area contributed by atoms with Gasteiger partial charge in [0.2, 0.25) is 0 Å². The summed E-state index contributed by atoms with van der Waals surface area (Å²) in [6.45, 7) is 1.18. The van der Waals surface area contributed by atoms with Gasteiger partial charge in [0.25, 0.3) is 5.91 Å². The third-order valence-electron chi connectivity index (χ3n) is 5.57. The van der Waals surface area contributed by atoms with Gasteiger partial charge in [-0.15, -0.1) is 0 Å². The lowest BCUT2D eigenvalue weighted by Gasteiger charge is -2.34. The SMILES string of the molecule is O=C(O)C(F)(F)F.O=C([C@H](O)COc1ccc(Br)cc1)N1CCC(Nc2ccc3cnccc3c2)CC1. The van der Waals surface area contributed by atoms with Gasteiger partial charge in [-0.25, -0.2) is 4.79 Å². The molecule has 3 aromatic rings. The first-order valence-electron chi connectivity index (χ1n) is 11.3. The number of nitrogens with one attached hydrogen (secondary N) is 1. The largest absolute Gasteiger partial charge is 0.490 e. The van der Waals surface area contributed by atoms with E-state index in [-0.39, 0.29) is 12.5 Å². The lowest BCUT2D eigenvalue weighted by Crippen LogP contribution is -2.47. The zero-order chi connectivity index (χ0) is 27.0. The van der Waals surface area contributed by atoms with Crippen LogP contribution in [0.1, 0.15) is 12.8 Å². The number of carboxylic acids is 1. The average Bonchev–Trinajstić information content (AvgIpc) is 2.88. The van der Waals surface area contributed by atoms with Crippen molar-refractivity contribution in [2.24, 2.45) is 0 Å². The Hall–Kier alpha value is -3.38. The van der Waals surface area contributed by atoms with E-state index in [1.165, 1.54) is 0 Å². The smallest absolute Gasteiger partial charge is 0.490 e. The van der Waals surface area contributed by atoms with Crippen LogP contribution in [-0.2, 0) is 9.59 Å². The van der Waals surface area contributed by atoms with Gasteiger partial charge in [0.1, 0.15) is 12.4 Å². The van der Waals surface area contributed by atoms with Gasteiger partial charge < -0.3 is 25.2 Å². The van der Waals surface area contributed by atoms with E-state index >= 15 is 0 Å². The summed E-state index contributed by atoms with van der Waals surface area (Å²) >= 11 is 3.36. The number of alkyl halides is 3. The van der Waals surface area contributed by atoms with Crippen molar-refractivity contribution in [3.63, 3.8) is 0 Å². The summed E-state index contributed by atoms with van der Waals surface area (Å²) in [6.07, 6.45) is -0.926. The molecule has 37 heavy (non-hydrogen) atoms. The predicted molar refractivity (Wildman–Crippen MR) is 134 cm³/mol. The van der Waals surface area contributed by atoms with Crippen LogP contribution >= 0.6 is 15.9 Å². The number of benzene rings is 2. The summed E-state index contributed by atoms with van der Waals surface area (Å²) in [4.78, 5) is 27.3. The van der Waals surface area contributed by atoms with Crippen LogP contribution in [0.3, 0.4) is 0 Å². The molecular formula is C25H25BrF3N3O5. The van der Waals surface area contributed by atoms with Crippen molar-refractivity contribution in [3.8, 4) is 5.75 Å². The minimum Gasteiger partial charge on any atom is -0.490 e. The number of likely N-dealkylation sites (tertiary alicyclic amines) is 1. The van der Waals surface area contributed by atoms with E-state index in [0.29, 0.717) is 24.9 Å². The summed E-state index contributed by atoms with van der Waals surface area (Å²) in [5.41, 5.74) is 1.07. The van der Waals surface area contributed by atoms with Gasteiger partial charge in [-0.05, 0) is 60.7 Å². The monoisotopic (exact) mass is 583 g/mol. The molecule has 8 nitrogen and oxygen atoms in total. The van der Waals surface area contributed by atoms with Gasteiger partial charge in [0, 0.05) is 47.1 Å². The highest BCUT2D eigenvalue weighted by molar-refractivity contribution is 9.10. The number of rotatable bonds is 6. The second-order valence-corrected chi connectivity index (χ2v) is 9.18. The van der Waals surface area contributed by atoms with Crippen LogP contribution in [0, 0.1) is 0 Å². The first-order chi connectivity index (χ1) is 17.5. The molecule has 3 N–H and O–H groups in total. The zero-order valence-electron chi connectivity index (χ0n) is 19.5. The Balaban J connectivity index is 0.000000479. The maximum absolute atomic E-state index is 12.5. The molecule has 1 fully saturated rings. The number of ether oxygens (including phenoxy) is 1. The van der Waals surface area contributed by atoms with E-state index in [2.05, 4.69) is 44.4 Å². The molecule has 0 aliphatic carbocycles. The first-order valence-corrected chi connectivity index (χ1v) is 12.1. The maximum atomic E-state index is 12.5. The Labute approximate surface area is 219 Å². The molecule has 4 rings (SSSR count). The van der Waals surface area contributed by atoms with Gasteiger partial charge in [-0.3, -0.25) is 9.78 Å². The molecule has 1 saturated heterocycles. The fourth-order valence-corrected chi connectivity index (χ4v) is 3.91. The van der Waals surface area contributed by atoms with Crippen LogP contribution in [0.4, 0.5) is 18.9 Å². The van der Waals surface area contributed by atoms with Crippen LogP contribution in [0.15, 0.2) is 65.4 Å². The summed E-state index contributed by atoms with van der Waals surface area (Å²) in [6, 6.07) is 15.8. The van der Waals surface area contributed by atoms with Gasteiger partial charge >= 0.3 is 12.1 Å². The lowest BCUT2D eigenvalue weighted by molar-refractivity contribution is -0.192. The average molecular weight is 584 g/mol. The van der Waals surface area contributed by atoms with Crippen molar-refractivity contribution in [3.05, 3.63) is 65.4 Å². The van der Waals surface area contributed by atoms with Crippen LogP contribution in [0.5, 0.6) is 5.75 Å². The van der Waals surface area contributed by atoms with E-state index < -0.39 is 18.2 Å². The fourth-order valence-electron chi connectivity index (χ4n) is 3.64. The van der Waals surface area contributed by atoms with Crippen molar-refractivity contribution in [2.45, 2.75) is 31.2 Å². The Bertz CT molecular complexity index is 1200. The summed E-state index contributed by atoms with van der Waals surface area (Å²) in [5.74, 6) is -2.41. The Morgan fingerprint density at radius 1 is 1.11 bits per heavy atom. The van der Waals surface area contributed by atoms with Gasteiger partial charge in [-0.1, -0.05) is 22.0 Å². The number of carbonyl (C=O) groups is 2. The van der Waals surface area contributed by atoms with Crippen molar-refractivity contribution >= 4 is 44.3 Å². The number of amides is 1. The number of aliphatic hydroxyl groups excluding tert-OH is 1. The highest BCUT2D eigenvalue weighted by Gasteiger charge is 2.38. The molecular weight excluding hydrogens is 559 g/mol. The quantitative estimate of drug-likeness (QED) is 0.392. The Morgan fingerprint density at radius 3 is 2.38 bits per heavy atom. The molecule has 1 atom stereocenters. The molecule has 198 valence electrons. The number of piperidine rings is 1. The van der Waals surface area contributed by atoms with Crippen LogP contribution < -0.4 is 10.1 Å². The third-order valence-corrected chi connectivity index (χ3v) is 6.10. The van der Waals surface area contributed by atoms with Crippen LogP contribution in [-0.4, -0.2) is 70.0 Å². The number of fused-ring (bicyclic) bond motifs is 1. The van der Waals surface area contributed by atoms with Crippen LogP contribution in [0.25, 0.3) is 10.8 Å². The number of carboxylic acid groups (broad SMARTS) is 1. The van der Waals surface area contributed by atoms with Crippen molar-refractivity contribution in [1.82, 2.24) is 9.88 Å². The number of aliphatic hydroxyl groups is 1. The topological polar surface area (TPSA) is 112 Å². The molecule has 12 heteroatoms. The number of halogens is 4. The number of carbonyl (C=O) groups excluding carboxylic acids is 1. The third kappa shape index (κ3) is 8.60. The molecule has 0 spiro atoms. The maximum Gasteiger partial charge on any atom is 0.490 e.